The maximum atomic E-state index is 9.60. The molecule has 1 N–H and O–H groups in total. The van der Waals surface area contributed by atoms with Gasteiger partial charge in [0.2, 0.25) is 0 Å². The normalized spacial score (nSPS) is 26.0. The highest BCUT2D eigenvalue weighted by Gasteiger charge is 2.26. The first-order valence-corrected chi connectivity index (χ1v) is 4.23. The monoisotopic (exact) mass is 146 g/mol. The Morgan fingerprint density at radius 3 is 2.11 bits per heavy atom. The van der Waals surface area contributed by atoms with E-state index in [-0.39, 0.29) is 0 Å². The fourth-order valence-electron chi connectivity index (χ4n) is 1.37. The average molecular weight is 146 g/mol. The Kier molecular flexibility index (Phi) is 2.42. The van der Waals surface area contributed by atoms with Crippen molar-refractivity contribution >= 4 is 12.6 Å². The third kappa shape index (κ3) is 1.87. The lowest BCUT2D eigenvalue weighted by Crippen LogP contribution is -2.32. The molecule has 1 saturated carbocycles. The van der Waals surface area contributed by atoms with Gasteiger partial charge in [0.25, 0.3) is 0 Å². The Morgan fingerprint density at radius 2 is 1.78 bits per heavy atom. The molecule has 9 heavy (non-hydrogen) atoms. The maximum Gasteiger partial charge on any atom is 0.0735 e. The molecule has 0 atom stereocenters. The molecule has 0 aromatic carbocycles. The minimum Gasteiger partial charge on any atom is -0.389 e. The van der Waals surface area contributed by atoms with Crippen LogP contribution in [0.4, 0.5) is 0 Å². The summed E-state index contributed by atoms with van der Waals surface area (Å²) in [6.45, 7) is 0. The molecular weight excluding hydrogens is 132 g/mol. The Labute approximate surface area is 61.9 Å². The summed E-state index contributed by atoms with van der Waals surface area (Å²) in [4.78, 5) is 0. The predicted molar refractivity (Wildman–Crippen MR) is 41.9 cm³/mol. The van der Waals surface area contributed by atoms with E-state index < -0.39 is 5.60 Å². The Hall–Kier alpha value is 0.310. The minimum atomic E-state index is -0.415. The van der Waals surface area contributed by atoms with Gasteiger partial charge < -0.3 is 5.11 Å². The summed E-state index contributed by atoms with van der Waals surface area (Å²) in [5, 5.41) is 9.60. The molecule has 0 aromatic rings. The van der Waals surface area contributed by atoms with Crippen molar-refractivity contribution in [2.45, 2.75) is 37.7 Å². The van der Waals surface area contributed by atoms with Crippen LogP contribution in [-0.4, -0.2) is 16.5 Å². The van der Waals surface area contributed by atoms with Crippen LogP contribution in [0.1, 0.15) is 32.1 Å². The molecule has 0 spiro atoms. The summed E-state index contributed by atoms with van der Waals surface area (Å²) >= 11 is 4.10. The van der Waals surface area contributed by atoms with Gasteiger partial charge in [0.05, 0.1) is 5.60 Å². The molecule has 0 radical (unpaired) electrons. The van der Waals surface area contributed by atoms with Crippen LogP contribution in [0, 0.1) is 0 Å². The number of thiol groups is 1. The zero-order valence-electron chi connectivity index (χ0n) is 5.64. The Morgan fingerprint density at radius 1 is 1.22 bits per heavy atom. The predicted octanol–water partition coefficient (Wildman–Crippen LogP) is 1.61. The van der Waals surface area contributed by atoms with Crippen molar-refractivity contribution < 1.29 is 5.11 Å². The molecule has 54 valence electrons. The third-order valence-corrected chi connectivity index (χ3v) is 2.67. The van der Waals surface area contributed by atoms with Crippen molar-refractivity contribution in [1.29, 1.82) is 0 Å². The topological polar surface area (TPSA) is 20.2 Å². The number of rotatable bonds is 1. The van der Waals surface area contributed by atoms with E-state index >= 15 is 0 Å². The van der Waals surface area contributed by atoms with E-state index in [1.54, 1.807) is 0 Å². The molecule has 0 unspecified atom stereocenters. The van der Waals surface area contributed by atoms with Gasteiger partial charge in [-0.25, -0.2) is 0 Å². The largest absolute Gasteiger partial charge is 0.389 e. The molecule has 0 aromatic heterocycles. The number of hydrogen-bond acceptors (Lipinski definition) is 2. The molecule has 0 amide bonds. The van der Waals surface area contributed by atoms with E-state index in [2.05, 4.69) is 12.6 Å². The quantitative estimate of drug-likeness (QED) is 0.538. The van der Waals surface area contributed by atoms with Crippen molar-refractivity contribution in [3.05, 3.63) is 0 Å². The summed E-state index contributed by atoms with van der Waals surface area (Å²) in [5.41, 5.74) is -0.415. The van der Waals surface area contributed by atoms with E-state index in [0.717, 1.165) is 12.8 Å². The summed E-state index contributed by atoms with van der Waals surface area (Å²) in [6.07, 6.45) is 5.55. The highest BCUT2D eigenvalue weighted by Crippen LogP contribution is 2.28. The highest BCUT2D eigenvalue weighted by atomic mass is 32.1. The van der Waals surface area contributed by atoms with Crippen molar-refractivity contribution in [1.82, 2.24) is 0 Å². The number of hydrogen-bond donors (Lipinski definition) is 2. The molecule has 0 saturated heterocycles. The Bertz CT molecular complexity index is 86.9. The van der Waals surface area contributed by atoms with Crippen LogP contribution in [0.5, 0.6) is 0 Å². The first-order chi connectivity index (χ1) is 4.27. The van der Waals surface area contributed by atoms with E-state index in [4.69, 9.17) is 0 Å². The molecule has 0 aliphatic heterocycles. The smallest absolute Gasteiger partial charge is 0.0735 e. The Balaban J connectivity index is 2.37. The second-order valence-corrected chi connectivity index (χ2v) is 3.26. The standard InChI is InChI=1S/C7H14OS/c8-7(6-9)4-2-1-3-5-7/h8-9H,1-6H2. The van der Waals surface area contributed by atoms with Crippen molar-refractivity contribution in [2.75, 3.05) is 5.75 Å². The van der Waals surface area contributed by atoms with Crippen LogP contribution in [-0.2, 0) is 0 Å². The first-order valence-electron chi connectivity index (χ1n) is 3.60. The fourth-order valence-corrected chi connectivity index (χ4v) is 1.68. The first kappa shape index (κ1) is 7.42. The third-order valence-electron chi connectivity index (χ3n) is 2.08. The van der Waals surface area contributed by atoms with Gasteiger partial charge in [-0.15, -0.1) is 0 Å². The van der Waals surface area contributed by atoms with Gasteiger partial charge in [-0.3, -0.25) is 0 Å². The van der Waals surface area contributed by atoms with Gasteiger partial charge in [0, 0.05) is 5.75 Å². The van der Waals surface area contributed by atoms with Crippen LogP contribution < -0.4 is 0 Å². The van der Waals surface area contributed by atoms with Gasteiger partial charge in [0.15, 0.2) is 0 Å². The molecule has 0 heterocycles. The van der Waals surface area contributed by atoms with Crippen LogP contribution >= 0.6 is 12.6 Å². The summed E-state index contributed by atoms with van der Waals surface area (Å²) in [6, 6.07) is 0. The lowest BCUT2D eigenvalue weighted by atomic mass is 9.86. The molecule has 0 bridgehead atoms. The van der Waals surface area contributed by atoms with Gasteiger partial charge in [-0.1, -0.05) is 19.3 Å². The minimum absolute atomic E-state index is 0.415. The lowest BCUT2D eigenvalue weighted by Gasteiger charge is -2.30. The molecule has 2 heteroatoms. The molecule has 1 aliphatic carbocycles. The van der Waals surface area contributed by atoms with Gasteiger partial charge >= 0.3 is 0 Å². The summed E-state index contributed by atoms with van der Waals surface area (Å²) in [5.74, 6) is 0.632. The fraction of sp³-hybridized carbons (Fsp3) is 1.00. The molecule has 1 aliphatic rings. The van der Waals surface area contributed by atoms with Crippen molar-refractivity contribution in [3.8, 4) is 0 Å². The van der Waals surface area contributed by atoms with E-state index in [1.165, 1.54) is 19.3 Å². The zero-order chi connectivity index (χ0) is 6.74. The van der Waals surface area contributed by atoms with E-state index in [1.807, 2.05) is 0 Å². The van der Waals surface area contributed by atoms with Crippen LogP contribution in [0.25, 0.3) is 0 Å². The van der Waals surface area contributed by atoms with Crippen LogP contribution in [0.15, 0.2) is 0 Å². The van der Waals surface area contributed by atoms with Gasteiger partial charge in [-0.05, 0) is 12.8 Å². The van der Waals surface area contributed by atoms with E-state index in [0.29, 0.717) is 5.75 Å². The molecule has 1 rings (SSSR count). The maximum absolute atomic E-state index is 9.60. The lowest BCUT2D eigenvalue weighted by molar-refractivity contribution is 0.0276. The molecule has 1 fully saturated rings. The second-order valence-electron chi connectivity index (χ2n) is 2.94. The molecular formula is C7H14OS. The van der Waals surface area contributed by atoms with E-state index in [9.17, 15) is 5.11 Å². The summed E-state index contributed by atoms with van der Waals surface area (Å²) < 4.78 is 0. The summed E-state index contributed by atoms with van der Waals surface area (Å²) in [7, 11) is 0. The average Bonchev–Trinajstić information content (AvgIpc) is 1.90. The second kappa shape index (κ2) is 2.93. The SMILES string of the molecule is OC1(CS)CCCCC1. The van der Waals surface area contributed by atoms with Gasteiger partial charge in [0.1, 0.15) is 0 Å². The van der Waals surface area contributed by atoms with Crippen molar-refractivity contribution in [2.24, 2.45) is 0 Å². The van der Waals surface area contributed by atoms with Crippen molar-refractivity contribution in [3.63, 3.8) is 0 Å². The zero-order valence-corrected chi connectivity index (χ0v) is 6.53. The van der Waals surface area contributed by atoms with Gasteiger partial charge in [-0.2, -0.15) is 12.6 Å². The molecule has 1 nitrogen and oxygen atoms in total. The number of aliphatic hydroxyl groups is 1. The van der Waals surface area contributed by atoms with Crippen LogP contribution in [0.2, 0.25) is 0 Å². The van der Waals surface area contributed by atoms with Crippen LogP contribution in [0.3, 0.4) is 0 Å². The highest BCUT2D eigenvalue weighted by molar-refractivity contribution is 7.80.